The number of carbonyl (C=O) groups is 1. The van der Waals surface area contributed by atoms with Gasteiger partial charge in [0.05, 0.1) is 12.3 Å². The van der Waals surface area contributed by atoms with E-state index >= 15 is 0 Å². The minimum absolute atomic E-state index is 0.00746. The van der Waals surface area contributed by atoms with Gasteiger partial charge in [-0.25, -0.2) is 4.98 Å². The van der Waals surface area contributed by atoms with Gasteiger partial charge >= 0.3 is 6.55 Å². The third-order valence-electron chi connectivity index (χ3n) is 3.76. The number of hydrogen-bond donors (Lipinski definition) is 3. The van der Waals surface area contributed by atoms with Crippen LogP contribution < -0.4 is 10.6 Å². The van der Waals surface area contributed by atoms with E-state index in [-0.39, 0.29) is 18.2 Å². The first-order chi connectivity index (χ1) is 13.0. The summed E-state index contributed by atoms with van der Waals surface area (Å²) in [7, 11) is 0. The molecule has 3 N–H and O–H groups in total. The van der Waals surface area contributed by atoms with E-state index in [1.807, 2.05) is 10.3 Å². The summed E-state index contributed by atoms with van der Waals surface area (Å²) in [5.41, 5.74) is 0.390. The number of rotatable bonds is 10. The highest BCUT2D eigenvalue weighted by Gasteiger charge is 2.19. The van der Waals surface area contributed by atoms with E-state index in [1.165, 1.54) is 17.4 Å². The molecule has 1 aromatic heterocycles. The number of amides is 1. The molecule has 1 fully saturated rings. The van der Waals surface area contributed by atoms with Crippen molar-refractivity contribution in [1.29, 1.82) is 5.41 Å². The molecular formula is C17H22F2N6OS. The summed E-state index contributed by atoms with van der Waals surface area (Å²) < 4.78 is 24.1. The maximum Gasteiger partial charge on any atom is 0.312 e. The second-order valence-corrected chi connectivity index (χ2v) is 6.63. The number of carbonyl (C=O) groups excluding carboxylic acids is 1. The number of allylic oxidation sites excluding steroid dienone is 1. The Morgan fingerprint density at radius 3 is 3.00 bits per heavy atom. The molecule has 1 aliphatic rings. The molecule has 0 atom stereocenters. The zero-order valence-corrected chi connectivity index (χ0v) is 15.6. The quantitative estimate of drug-likeness (QED) is 0.320. The lowest BCUT2D eigenvalue weighted by Gasteiger charge is -2.16. The van der Waals surface area contributed by atoms with Gasteiger partial charge in [-0.05, 0) is 18.1 Å². The summed E-state index contributed by atoms with van der Waals surface area (Å²) in [6.07, 6.45) is 5.37. The number of aliphatic imine (C=N–C) groups is 1. The lowest BCUT2D eigenvalue weighted by molar-refractivity contribution is -0.127. The van der Waals surface area contributed by atoms with Gasteiger partial charge in [-0.3, -0.25) is 9.79 Å². The molecule has 1 saturated heterocycles. The van der Waals surface area contributed by atoms with Crippen molar-refractivity contribution in [2.75, 3.05) is 26.2 Å². The van der Waals surface area contributed by atoms with Crippen LogP contribution in [0.1, 0.15) is 17.8 Å². The molecule has 10 heteroatoms. The predicted octanol–water partition coefficient (Wildman–Crippen LogP) is 2.00. The molecule has 0 aromatic carbocycles. The van der Waals surface area contributed by atoms with Crippen molar-refractivity contribution < 1.29 is 13.6 Å². The number of amidine groups is 1. The summed E-state index contributed by atoms with van der Waals surface area (Å²) in [6.45, 7) is 3.11. The average Bonchev–Trinajstić information content (AvgIpc) is 3.29. The zero-order valence-electron chi connectivity index (χ0n) is 14.8. The molecule has 0 radical (unpaired) electrons. The SMILES string of the molecule is C=C(C/N=C(\NCCN1CCCC1=O)c1nccs1)C(=N)/C=C\NC(F)F. The molecular weight excluding hydrogens is 374 g/mol. The number of hydrogen-bond acceptors (Lipinski definition) is 6. The summed E-state index contributed by atoms with van der Waals surface area (Å²) in [4.78, 5) is 22.1. The maximum absolute atomic E-state index is 12.0. The Kier molecular flexibility index (Phi) is 8.05. The van der Waals surface area contributed by atoms with Crippen LogP contribution >= 0.6 is 11.3 Å². The molecule has 1 aliphatic heterocycles. The normalized spacial score (nSPS) is 15.0. The highest BCUT2D eigenvalue weighted by atomic mass is 32.1. The maximum atomic E-state index is 12.0. The van der Waals surface area contributed by atoms with E-state index in [4.69, 9.17) is 5.41 Å². The van der Waals surface area contributed by atoms with Crippen molar-refractivity contribution in [2.45, 2.75) is 19.4 Å². The Bertz CT molecular complexity index is 717. The van der Waals surface area contributed by atoms with E-state index in [9.17, 15) is 13.6 Å². The van der Waals surface area contributed by atoms with Gasteiger partial charge in [0, 0.05) is 43.8 Å². The van der Waals surface area contributed by atoms with Crippen LogP contribution in [0.3, 0.4) is 0 Å². The highest BCUT2D eigenvalue weighted by molar-refractivity contribution is 7.11. The van der Waals surface area contributed by atoms with Crippen LogP contribution in [0.25, 0.3) is 0 Å². The van der Waals surface area contributed by atoms with Crippen molar-refractivity contribution in [3.63, 3.8) is 0 Å². The first kappa shape index (κ1) is 20.7. The molecule has 2 rings (SSSR count). The molecule has 0 aliphatic carbocycles. The van der Waals surface area contributed by atoms with E-state index in [1.54, 1.807) is 11.5 Å². The fourth-order valence-corrected chi connectivity index (χ4v) is 2.99. The van der Waals surface area contributed by atoms with Gasteiger partial charge < -0.3 is 20.9 Å². The average molecular weight is 396 g/mol. The minimum Gasteiger partial charge on any atom is -0.366 e. The first-order valence-electron chi connectivity index (χ1n) is 8.40. The van der Waals surface area contributed by atoms with Crippen LogP contribution in [0.5, 0.6) is 0 Å². The molecule has 27 heavy (non-hydrogen) atoms. The molecule has 0 spiro atoms. The Hall–Kier alpha value is -2.62. The largest absolute Gasteiger partial charge is 0.366 e. The van der Waals surface area contributed by atoms with E-state index in [0.29, 0.717) is 35.9 Å². The fraction of sp³-hybridized carbons (Fsp3) is 0.412. The summed E-state index contributed by atoms with van der Waals surface area (Å²) >= 11 is 1.42. The number of nitrogens with one attached hydrogen (secondary N) is 3. The molecule has 2 heterocycles. The molecule has 1 aromatic rings. The smallest absolute Gasteiger partial charge is 0.312 e. The van der Waals surface area contributed by atoms with Crippen LogP contribution in [0, 0.1) is 5.41 Å². The summed E-state index contributed by atoms with van der Waals surface area (Å²) in [5.74, 6) is 0.718. The van der Waals surface area contributed by atoms with Crippen LogP contribution in [-0.4, -0.2) is 60.1 Å². The monoisotopic (exact) mass is 396 g/mol. The first-order valence-corrected chi connectivity index (χ1v) is 9.28. The van der Waals surface area contributed by atoms with Crippen LogP contribution in [0.4, 0.5) is 8.78 Å². The van der Waals surface area contributed by atoms with Crippen molar-refractivity contribution >= 4 is 28.8 Å². The van der Waals surface area contributed by atoms with E-state index in [0.717, 1.165) is 19.2 Å². The molecule has 1 amide bonds. The molecule has 0 unspecified atom stereocenters. The van der Waals surface area contributed by atoms with Gasteiger partial charge in [0.25, 0.3) is 0 Å². The molecule has 0 saturated carbocycles. The lowest BCUT2D eigenvalue weighted by atomic mass is 10.2. The second kappa shape index (κ2) is 10.5. The van der Waals surface area contributed by atoms with Crippen molar-refractivity contribution in [3.05, 3.63) is 41.0 Å². The standard InChI is InChI=1S/C17H22F2N6OS/c1-12(13(20)4-5-23-17(18)19)11-24-15(16-22-7-10-27-16)21-6-9-25-8-2-3-14(25)26/h4-5,7,10,17,20,23H,1-3,6,8-9,11H2,(H,21,24)/b5-4-,20-13?. The van der Waals surface area contributed by atoms with Crippen molar-refractivity contribution in [3.8, 4) is 0 Å². The Morgan fingerprint density at radius 1 is 1.56 bits per heavy atom. The van der Waals surface area contributed by atoms with Gasteiger partial charge in [-0.15, -0.1) is 11.3 Å². The predicted molar refractivity (Wildman–Crippen MR) is 102 cm³/mol. The van der Waals surface area contributed by atoms with E-state index < -0.39 is 6.55 Å². The van der Waals surface area contributed by atoms with E-state index in [2.05, 4.69) is 21.9 Å². The number of halogens is 2. The Labute approximate surface area is 160 Å². The van der Waals surface area contributed by atoms with Crippen molar-refractivity contribution in [2.24, 2.45) is 4.99 Å². The minimum atomic E-state index is -2.68. The number of nitrogens with zero attached hydrogens (tertiary/aromatic N) is 3. The molecule has 146 valence electrons. The topological polar surface area (TPSA) is 93.5 Å². The van der Waals surface area contributed by atoms with Gasteiger partial charge in [0.2, 0.25) is 5.91 Å². The van der Waals surface area contributed by atoms with Crippen LogP contribution in [-0.2, 0) is 4.79 Å². The van der Waals surface area contributed by atoms with Crippen LogP contribution in [0.15, 0.2) is 41.0 Å². The second-order valence-electron chi connectivity index (χ2n) is 5.73. The highest BCUT2D eigenvalue weighted by Crippen LogP contribution is 2.09. The third-order valence-corrected chi connectivity index (χ3v) is 4.54. The number of likely N-dealkylation sites (tertiary alicyclic amines) is 1. The zero-order chi connectivity index (χ0) is 19.6. The third kappa shape index (κ3) is 6.89. The lowest BCUT2D eigenvalue weighted by Crippen LogP contribution is -2.36. The van der Waals surface area contributed by atoms with Gasteiger partial charge in [-0.2, -0.15) is 8.78 Å². The number of thiazole rings is 1. The Balaban J connectivity index is 1.91. The van der Waals surface area contributed by atoms with Crippen LogP contribution in [0.2, 0.25) is 0 Å². The number of alkyl halides is 2. The van der Waals surface area contributed by atoms with Crippen molar-refractivity contribution in [1.82, 2.24) is 20.5 Å². The van der Waals surface area contributed by atoms with Gasteiger partial charge in [0.1, 0.15) is 0 Å². The fourth-order valence-electron chi connectivity index (χ4n) is 2.37. The van der Waals surface area contributed by atoms with Gasteiger partial charge in [-0.1, -0.05) is 6.58 Å². The Morgan fingerprint density at radius 2 is 2.37 bits per heavy atom. The number of aromatic nitrogens is 1. The molecule has 7 nitrogen and oxygen atoms in total. The molecule has 0 bridgehead atoms. The van der Waals surface area contributed by atoms with Gasteiger partial charge in [0.15, 0.2) is 10.8 Å². The summed E-state index contributed by atoms with van der Waals surface area (Å²) in [6, 6.07) is 0. The summed E-state index contributed by atoms with van der Waals surface area (Å²) in [5, 5.41) is 15.3.